The molecule has 7 heteroatoms. The number of aryl methyl sites for hydroxylation is 2. The lowest BCUT2D eigenvalue weighted by Crippen LogP contribution is -2.49. The summed E-state index contributed by atoms with van der Waals surface area (Å²) in [6, 6.07) is 19.4. The topological polar surface area (TPSA) is 75.7 Å². The van der Waals surface area contributed by atoms with E-state index in [2.05, 4.69) is 26.1 Å². The van der Waals surface area contributed by atoms with Crippen LogP contribution in [0.2, 0.25) is 0 Å². The van der Waals surface area contributed by atoms with Crippen molar-refractivity contribution in [3.63, 3.8) is 0 Å². The van der Waals surface area contributed by atoms with E-state index in [1.807, 2.05) is 44.2 Å². The van der Waals surface area contributed by atoms with E-state index in [-0.39, 0.29) is 16.9 Å². The maximum absolute atomic E-state index is 13.7. The Bertz CT molecular complexity index is 1330. The number of hydrogen-bond acceptors (Lipinski definition) is 4. The van der Waals surface area contributed by atoms with Gasteiger partial charge in [-0.2, -0.15) is 0 Å². The van der Waals surface area contributed by atoms with Crippen molar-refractivity contribution < 1.29 is 17.9 Å². The predicted octanol–water partition coefficient (Wildman–Crippen LogP) is 5.20. The first-order valence-corrected chi connectivity index (χ1v) is 12.7. The van der Waals surface area contributed by atoms with Crippen molar-refractivity contribution in [3.05, 3.63) is 83.4 Å². The van der Waals surface area contributed by atoms with E-state index >= 15 is 0 Å². The molecule has 178 valence electrons. The average molecular weight is 479 g/mol. The van der Waals surface area contributed by atoms with E-state index in [0.717, 1.165) is 16.7 Å². The number of rotatable bonds is 4. The smallest absolute Gasteiger partial charge is 0.267 e. The molecule has 1 heterocycles. The van der Waals surface area contributed by atoms with Gasteiger partial charge in [0.25, 0.3) is 15.9 Å². The molecular formula is C27H30N2O4S. The number of sulfonamides is 1. The van der Waals surface area contributed by atoms with Crippen LogP contribution in [0.15, 0.2) is 71.6 Å². The Hall–Kier alpha value is -3.32. The summed E-state index contributed by atoms with van der Waals surface area (Å²) in [6.07, 6.45) is -1.01. The van der Waals surface area contributed by atoms with Gasteiger partial charge in [-0.1, -0.05) is 51.1 Å². The fraction of sp³-hybridized carbons (Fsp3) is 0.296. The minimum absolute atomic E-state index is 0.130. The lowest BCUT2D eigenvalue weighted by molar-refractivity contribution is -0.122. The summed E-state index contributed by atoms with van der Waals surface area (Å²) >= 11 is 0. The van der Waals surface area contributed by atoms with Gasteiger partial charge in [-0.25, -0.2) is 8.42 Å². The number of carbonyl (C=O) groups excluding carboxylic acids is 1. The van der Waals surface area contributed by atoms with Gasteiger partial charge in [0.15, 0.2) is 6.10 Å². The number of benzene rings is 3. The quantitative estimate of drug-likeness (QED) is 0.560. The lowest BCUT2D eigenvalue weighted by Gasteiger charge is -2.36. The van der Waals surface area contributed by atoms with Gasteiger partial charge >= 0.3 is 0 Å². The normalized spacial score (nSPS) is 15.9. The molecule has 3 aromatic carbocycles. The molecule has 0 fully saturated rings. The summed E-state index contributed by atoms with van der Waals surface area (Å²) in [5.74, 6) is -0.0407. The Labute approximate surface area is 201 Å². The number of nitrogens with one attached hydrogen (secondary N) is 1. The van der Waals surface area contributed by atoms with Crippen LogP contribution < -0.4 is 14.4 Å². The van der Waals surface area contributed by atoms with E-state index < -0.39 is 22.0 Å². The van der Waals surface area contributed by atoms with Gasteiger partial charge in [0.05, 0.1) is 17.1 Å². The van der Waals surface area contributed by atoms with Crippen LogP contribution in [0.25, 0.3) is 0 Å². The van der Waals surface area contributed by atoms with Crippen LogP contribution in [0, 0.1) is 13.8 Å². The predicted molar refractivity (Wildman–Crippen MR) is 135 cm³/mol. The molecule has 0 radical (unpaired) electrons. The van der Waals surface area contributed by atoms with Gasteiger partial charge in [-0.15, -0.1) is 0 Å². The molecule has 4 rings (SSSR count). The molecule has 0 saturated carbocycles. The number of ether oxygens (including phenoxy) is 1. The highest BCUT2D eigenvalue weighted by Crippen LogP contribution is 2.40. The third-order valence-electron chi connectivity index (χ3n) is 6.09. The molecule has 6 nitrogen and oxygen atoms in total. The van der Waals surface area contributed by atoms with Crippen LogP contribution in [-0.2, 0) is 20.2 Å². The van der Waals surface area contributed by atoms with Crippen molar-refractivity contribution >= 4 is 27.3 Å². The van der Waals surface area contributed by atoms with Crippen LogP contribution in [0.1, 0.15) is 37.5 Å². The van der Waals surface area contributed by atoms with Crippen LogP contribution in [0.4, 0.5) is 11.4 Å². The first-order chi connectivity index (χ1) is 16.0. The van der Waals surface area contributed by atoms with Gasteiger partial charge in [0.1, 0.15) is 5.75 Å². The van der Waals surface area contributed by atoms with E-state index in [1.54, 1.807) is 36.4 Å². The average Bonchev–Trinajstić information content (AvgIpc) is 2.80. The molecule has 0 aromatic heterocycles. The molecule has 34 heavy (non-hydrogen) atoms. The largest absolute Gasteiger partial charge is 0.476 e. The van der Waals surface area contributed by atoms with E-state index in [4.69, 9.17) is 4.74 Å². The second kappa shape index (κ2) is 8.80. The van der Waals surface area contributed by atoms with Crippen molar-refractivity contribution in [1.29, 1.82) is 0 Å². The fourth-order valence-electron chi connectivity index (χ4n) is 3.84. The maximum atomic E-state index is 13.7. The molecule has 1 N–H and O–H groups in total. The minimum atomic E-state index is -3.92. The summed E-state index contributed by atoms with van der Waals surface area (Å²) in [5.41, 5.74) is 4.04. The second-order valence-corrected chi connectivity index (χ2v) is 11.5. The third-order valence-corrected chi connectivity index (χ3v) is 7.89. The molecule has 1 atom stereocenters. The number of carbonyl (C=O) groups is 1. The first kappa shape index (κ1) is 23.8. The van der Waals surface area contributed by atoms with Crippen molar-refractivity contribution in [1.82, 2.24) is 0 Å². The van der Waals surface area contributed by atoms with Gasteiger partial charge in [-0.05, 0) is 72.4 Å². The summed E-state index contributed by atoms with van der Waals surface area (Å²) in [5, 5.41) is 2.87. The Morgan fingerprint density at radius 1 is 0.971 bits per heavy atom. The zero-order valence-electron chi connectivity index (χ0n) is 20.1. The molecule has 1 amide bonds. The number of fused-ring (bicyclic) bond motifs is 1. The SMILES string of the molecule is Cc1ccc(NC(=O)[C@H]2CN(S(=O)(=O)c3ccccc3)c3cc(C(C)(C)C)ccc3O2)cc1C. The highest BCUT2D eigenvalue weighted by Gasteiger charge is 2.38. The molecule has 3 aromatic rings. The third kappa shape index (κ3) is 4.66. The zero-order chi connectivity index (χ0) is 24.7. The number of hydrogen-bond donors (Lipinski definition) is 1. The highest BCUT2D eigenvalue weighted by molar-refractivity contribution is 7.92. The number of anilines is 2. The van der Waals surface area contributed by atoms with Crippen molar-refractivity contribution in [3.8, 4) is 5.75 Å². The summed E-state index contributed by atoms with van der Waals surface area (Å²) < 4.78 is 34.6. The molecule has 0 bridgehead atoms. The molecule has 0 saturated heterocycles. The summed E-state index contributed by atoms with van der Waals surface area (Å²) in [6.45, 7) is 10.0. The molecule has 1 aliphatic heterocycles. The molecule has 0 spiro atoms. The van der Waals surface area contributed by atoms with Gasteiger partial charge in [0, 0.05) is 5.69 Å². The molecular weight excluding hydrogens is 448 g/mol. The molecule has 0 aliphatic carbocycles. The number of nitrogens with zero attached hydrogens (tertiary/aromatic N) is 1. The monoisotopic (exact) mass is 478 g/mol. The maximum Gasteiger partial charge on any atom is 0.267 e. The Balaban J connectivity index is 1.73. The Kier molecular flexibility index (Phi) is 6.16. The fourth-order valence-corrected chi connectivity index (χ4v) is 5.33. The van der Waals surface area contributed by atoms with Gasteiger partial charge < -0.3 is 10.1 Å². The first-order valence-electron chi connectivity index (χ1n) is 11.2. The Morgan fingerprint density at radius 3 is 2.32 bits per heavy atom. The standard InChI is InChI=1S/C27H30N2O4S/c1-18-11-13-21(15-19(18)2)28-26(30)25-17-29(34(31,32)22-9-7-6-8-10-22)23-16-20(27(3,4)5)12-14-24(23)33-25/h6-16,25H,17H2,1-5H3,(H,28,30)/t25-/m1/s1. The van der Waals surface area contributed by atoms with E-state index in [1.165, 1.54) is 4.31 Å². The Morgan fingerprint density at radius 2 is 1.68 bits per heavy atom. The zero-order valence-corrected chi connectivity index (χ0v) is 20.9. The summed E-state index contributed by atoms with van der Waals surface area (Å²) in [7, 11) is -3.92. The van der Waals surface area contributed by atoms with E-state index in [9.17, 15) is 13.2 Å². The van der Waals surface area contributed by atoms with Crippen LogP contribution in [-0.4, -0.2) is 27.0 Å². The lowest BCUT2D eigenvalue weighted by atomic mass is 9.86. The highest BCUT2D eigenvalue weighted by atomic mass is 32.2. The van der Waals surface area contributed by atoms with Crippen molar-refractivity contribution in [2.45, 2.75) is 51.0 Å². The van der Waals surface area contributed by atoms with Crippen molar-refractivity contribution in [2.75, 3.05) is 16.2 Å². The van der Waals surface area contributed by atoms with Crippen molar-refractivity contribution in [2.24, 2.45) is 0 Å². The molecule has 1 aliphatic rings. The van der Waals surface area contributed by atoms with Gasteiger partial charge in [0.2, 0.25) is 0 Å². The molecule has 0 unspecified atom stereocenters. The van der Waals surface area contributed by atoms with Crippen LogP contribution in [0.5, 0.6) is 5.75 Å². The minimum Gasteiger partial charge on any atom is -0.476 e. The van der Waals surface area contributed by atoms with Crippen LogP contribution in [0.3, 0.4) is 0 Å². The van der Waals surface area contributed by atoms with Crippen LogP contribution >= 0.6 is 0 Å². The second-order valence-electron chi connectivity index (χ2n) is 9.68. The summed E-state index contributed by atoms with van der Waals surface area (Å²) in [4.78, 5) is 13.3. The number of amides is 1. The van der Waals surface area contributed by atoms with E-state index in [0.29, 0.717) is 17.1 Å². The van der Waals surface area contributed by atoms with Gasteiger partial charge in [-0.3, -0.25) is 9.10 Å².